The number of carbonyl (C=O) groups excluding carboxylic acids is 2. The normalized spacial score (nSPS) is 16.5. The molecule has 5 nitrogen and oxygen atoms in total. The Morgan fingerprint density at radius 3 is 2.36 bits per heavy atom. The molecule has 0 radical (unpaired) electrons. The molecule has 1 saturated carbocycles. The van der Waals surface area contributed by atoms with Crippen molar-refractivity contribution in [3.8, 4) is 0 Å². The van der Waals surface area contributed by atoms with E-state index in [0.29, 0.717) is 24.4 Å². The molecule has 1 fully saturated rings. The minimum Gasteiger partial charge on any atom is -0.453 e. The van der Waals surface area contributed by atoms with Crippen molar-refractivity contribution in [1.82, 2.24) is 0 Å². The Balaban J connectivity index is 1.81. The predicted molar refractivity (Wildman–Crippen MR) is 83.5 cm³/mol. The summed E-state index contributed by atoms with van der Waals surface area (Å²) in [5.41, 5.74) is 0.442. The van der Waals surface area contributed by atoms with E-state index in [2.05, 4.69) is 19.2 Å². The first-order valence-electron chi connectivity index (χ1n) is 7.70. The summed E-state index contributed by atoms with van der Waals surface area (Å²) in [7, 11) is 0. The molecule has 120 valence electrons. The maximum Gasteiger partial charge on any atom is 0.338 e. The predicted octanol–water partition coefficient (Wildman–Crippen LogP) is 2.60. The molecule has 1 aromatic carbocycles. The largest absolute Gasteiger partial charge is 0.453 e. The number of esters is 1. The van der Waals surface area contributed by atoms with Gasteiger partial charge >= 0.3 is 5.97 Å². The van der Waals surface area contributed by atoms with Crippen LogP contribution in [-0.4, -0.2) is 29.2 Å². The van der Waals surface area contributed by atoms with E-state index in [1.165, 1.54) is 5.56 Å². The highest BCUT2D eigenvalue weighted by molar-refractivity contribution is 5.93. The van der Waals surface area contributed by atoms with Crippen LogP contribution in [0.1, 0.15) is 51.0 Å². The number of rotatable bonds is 5. The third kappa shape index (κ3) is 4.07. The first kappa shape index (κ1) is 16.5. The number of carbonyl (C=O) groups is 2. The summed E-state index contributed by atoms with van der Waals surface area (Å²) < 4.78 is 4.92. The van der Waals surface area contributed by atoms with Gasteiger partial charge in [-0.15, -0.1) is 0 Å². The molecule has 1 aliphatic carbocycles. The van der Waals surface area contributed by atoms with E-state index >= 15 is 0 Å². The fraction of sp³-hybridized carbons (Fsp3) is 0.529. The second-order valence-electron chi connectivity index (χ2n) is 6.14. The quantitative estimate of drug-likeness (QED) is 0.820. The second-order valence-corrected chi connectivity index (χ2v) is 6.14. The number of anilines is 1. The van der Waals surface area contributed by atoms with Crippen molar-refractivity contribution in [3.05, 3.63) is 29.8 Å². The van der Waals surface area contributed by atoms with Crippen LogP contribution in [0.4, 0.5) is 5.69 Å². The summed E-state index contributed by atoms with van der Waals surface area (Å²) in [5.74, 6) is -0.680. The van der Waals surface area contributed by atoms with Gasteiger partial charge in [0.1, 0.15) is 0 Å². The highest BCUT2D eigenvalue weighted by Crippen LogP contribution is 2.30. The zero-order valence-electron chi connectivity index (χ0n) is 13.1. The van der Waals surface area contributed by atoms with Crippen molar-refractivity contribution >= 4 is 17.6 Å². The summed E-state index contributed by atoms with van der Waals surface area (Å²) >= 11 is 0. The second kappa shape index (κ2) is 6.92. The van der Waals surface area contributed by atoms with Crippen LogP contribution in [0.25, 0.3) is 0 Å². The van der Waals surface area contributed by atoms with Crippen LogP contribution in [0.5, 0.6) is 0 Å². The summed E-state index contributed by atoms with van der Waals surface area (Å²) in [6, 6.07) is 7.54. The molecule has 0 saturated heterocycles. The van der Waals surface area contributed by atoms with Crippen LogP contribution in [0, 0.1) is 0 Å². The molecular formula is C17H23NO4. The topological polar surface area (TPSA) is 75.6 Å². The first-order chi connectivity index (χ1) is 10.4. The lowest BCUT2D eigenvalue weighted by Gasteiger charge is -2.19. The number of amides is 1. The highest BCUT2D eigenvalue weighted by Gasteiger charge is 2.40. The number of ether oxygens (including phenoxy) is 1. The number of nitrogens with one attached hydrogen (secondary N) is 1. The number of hydrogen-bond acceptors (Lipinski definition) is 4. The van der Waals surface area contributed by atoms with Gasteiger partial charge in [0, 0.05) is 5.69 Å². The van der Waals surface area contributed by atoms with Gasteiger partial charge in [-0.05, 0) is 49.3 Å². The highest BCUT2D eigenvalue weighted by atomic mass is 16.6. The average Bonchev–Trinajstić information content (AvgIpc) is 2.93. The Bertz CT molecular complexity index is 530. The lowest BCUT2D eigenvalue weighted by molar-refractivity contribution is -0.166. The maximum atomic E-state index is 11.8. The van der Waals surface area contributed by atoms with Crippen LogP contribution in [0.3, 0.4) is 0 Å². The van der Waals surface area contributed by atoms with Gasteiger partial charge in [-0.1, -0.05) is 26.0 Å². The lowest BCUT2D eigenvalue weighted by atomic mass is 10.0. The van der Waals surface area contributed by atoms with Gasteiger partial charge in [0.05, 0.1) is 0 Å². The third-order valence-corrected chi connectivity index (χ3v) is 4.01. The number of hydrogen-bond donors (Lipinski definition) is 2. The van der Waals surface area contributed by atoms with Crippen molar-refractivity contribution in [1.29, 1.82) is 0 Å². The molecule has 2 rings (SSSR count). The van der Waals surface area contributed by atoms with Crippen LogP contribution in [0.15, 0.2) is 24.3 Å². The van der Waals surface area contributed by atoms with Crippen molar-refractivity contribution in [2.24, 2.45) is 0 Å². The monoisotopic (exact) mass is 305 g/mol. The van der Waals surface area contributed by atoms with Gasteiger partial charge in [-0.3, -0.25) is 4.79 Å². The Labute approximate surface area is 130 Å². The molecule has 1 aromatic rings. The zero-order chi connectivity index (χ0) is 16.2. The van der Waals surface area contributed by atoms with Gasteiger partial charge in [0.25, 0.3) is 5.91 Å². The van der Waals surface area contributed by atoms with Crippen LogP contribution < -0.4 is 5.32 Å². The Hall–Kier alpha value is -1.88. The standard InChI is InChI=1S/C17H23NO4/c1-12(2)13-5-7-14(8-6-13)18-15(19)11-22-16(20)17(21)9-3-4-10-17/h5-8,12,21H,3-4,9-11H2,1-2H3,(H,18,19). The molecule has 0 aliphatic heterocycles. The first-order valence-corrected chi connectivity index (χ1v) is 7.70. The van der Waals surface area contributed by atoms with Crippen LogP contribution in [0.2, 0.25) is 0 Å². The Morgan fingerprint density at radius 1 is 1.23 bits per heavy atom. The van der Waals surface area contributed by atoms with Gasteiger partial charge in [-0.25, -0.2) is 4.79 Å². The number of benzene rings is 1. The minimum atomic E-state index is -1.40. The Morgan fingerprint density at radius 2 is 1.82 bits per heavy atom. The van der Waals surface area contributed by atoms with E-state index in [1.807, 2.05) is 24.3 Å². The minimum absolute atomic E-state index is 0.382. The van der Waals surface area contributed by atoms with E-state index in [9.17, 15) is 14.7 Å². The maximum absolute atomic E-state index is 11.8. The molecule has 0 aromatic heterocycles. The van der Waals surface area contributed by atoms with Gasteiger partial charge < -0.3 is 15.2 Å². The molecule has 0 heterocycles. The summed E-state index contributed by atoms with van der Waals surface area (Å²) in [4.78, 5) is 23.6. The van der Waals surface area contributed by atoms with Crippen LogP contribution >= 0.6 is 0 Å². The SMILES string of the molecule is CC(C)c1ccc(NC(=O)COC(=O)C2(O)CCCC2)cc1. The van der Waals surface area contributed by atoms with E-state index in [-0.39, 0.29) is 6.61 Å². The summed E-state index contributed by atoms with van der Waals surface area (Å²) in [5, 5.41) is 12.7. The van der Waals surface area contributed by atoms with E-state index in [4.69, 9.17) is 4.74 Å². The van der Waals surface area contributed by atoms with E-state index < -0.39 is 17.5 Å². The molecule has 1 amide bonds. The fourth-order valence-corrected chi connectivity index (χ4v) is 2.58. The zero-order valence-corrected chi connectivity index (χ0v) is 13.1. The molecular weight excluding hydrogens is 282 g/mol. The number of aliphatic hydroxyl groups is 1. The third-order valence-electron chi connectivity index (χ3n) is 4.01. The van der Waals surface area contributed by atoms with Gasteiger partial charge in [0.15, 0.2) is 12.2 Å². The van der Waals surface area contributed by atoms with E-state index in [0.717, 1.165) is 12.8 Å². The molecule has 0 bridgehead atoms. The van der Waals surface area contributed by atoms with Crippen molar-refractivity contribution < 1.29 is 19.4 Å². The van der Waals surface area contributed by atoms with Gasteiger partial charge in [-0.2, -0.15) is 0 Å². The van der Waals surface area contributed by atoms with E-state index in [1.54, 1.807) is 0 Å². The van der Waals surface area contributed by atoms with Crippen molar-refractivity contribution in [2.45, 2.75) is 51.0 Å². The Kier molecular flexibility index (Phi) is 5.19. The van der Waals surface area contributed by atoms with Gasteiger partial charge in [0.2, 0.25) is 0 Å². The summed E-state index contributed by atoms with van der Waals surface area (Å²) in [6.45, 7) is 3.81. The lowest BCUT2D eigenvalue weighted by Crippen LogP contribution is -2.38. The molecule has 0 unspecified atom stereocenters. The summed E-state index contributed by atoms with van der Waals surface area (Å²) in [6.07, 6.45) is 2.42. The molecule has 5 heteroatoms. The molecule has 2 N–H and O–H groups in total. The van der Waals surface area contributed by atoms with Crippen molar-refractivity contribution in [2.75, 3.05) is 11.9 Å². The fourth-order valence-electron chi connectivity index (χ4n) is 2.58. The average molecular weight is 305 g/mol. The van der Waals surface area contributed by atoms with Crippen molar-refractivity contribution in [3.63, 3.8) is 0 Å². The molecule has 0 spiro atoms. The molecule has 0 atom stereocenters. The smallest absolute Gasteiger partial charge is 0.338 e. The van der Waals surface area contributed by atoms with Crippen LogP contribution in [-0.2, 0) is 14.3 Å². The molecule has 1 aliphatic rings. The molecule has 22 heavy (non-hydrogen) atoms.